The van der Waals surface area contributed by atoms with Crippen LogP contribution >= 0.6 is 0 Å². The normalized spacial score (nSPS) is 13.9. The summed E-state index contributed by atoms with van der Waals surface area (Å²) in [6.45, 7) is 1.48. The van der Waals surface area contributed by atoms with E-state index in [4.69, 9.17) is 20.3 Å². The maximum Gasteiger partial charge on any atom is 0.323 e. The molecule has 1 atom stereocenters. The minimum Gasteiger partial charge on any atom is -0.493 e. The molecule has 0 aromatic heterocycles. The molecule has 1 aromatic carbocycles. The number of carboxylic acids is 1. The third-order valence-electron chi connectivity index (χ3n) is 2.51. The highest BCUT2D eigenvalue weighted by atomic mass is 16.5. The second-order valence-corrected chi connectivity index (χ2v) is 4.09. The number of nitrogens with two attached hydrogens (primary N) is 1. The standard InChI is InChI=1S/C12H17NO4/c1-12(13,11(14)15)7-8-4-5-9(16-2)10(6-8)17-3/h4-6H,7,13H2,1-3H3,(H,14,15)/t12-/m0/s1. The van der Waals surface area contributed by atoms with Gasteiger partial charge in [0.1, 0.15) is 5.54 Å². The van der Waals surface area contributed by atoms with Crippen molar-refractivity contribution in [2.75, 3.05) is 14.2 Å². The maximum absolute atomic E-state index is 10.9. The van der Waals surface area contributed by atoms with Crippen LogP contribution in [0.5, 0.6) is 11.5 Å². The lowest BCUT2D eigenvalue weighted by molar-refractivity contribution is -0.142. The fourth-order valence-corrected chi connectivity index (χ4v) is 1.49. The van der Waals surface area contributed by atoms with Gasteiger partial charge in [-0.1, -0.05) is 6.07 Å². The van der Waals surface area contributed by atoms with Crippen molar-refractivity contribution in [3.63, 3.8) is 0 Å². The van der Waals surface area contributed by atoms with Crippen LogP contribution in [0.4, 0.5) is 0 Å². The Morgan fingerprint density at radius 2 is 1.94 bits per heavy atom. The van der Waals surface area contributed by atoms with E-state index in [0.717, 1.165) is 5.56 Å². The molecule has 0 unspecified atom stereocenters. The number of ether oxygens (including phenoxy) is 2. The van der Waals surface area contributed by atoms with Crippen LogP contribution in [0.25, 0.3) is 0 Å². The minimum atomic E-state index is -1.29. The summed E-state index contributed by atoms with van der Waals surface area (Å²) in [4.78, 5) is 10.9. The molecule has 94 valence electrons. The first-order valence-corrected chi connectivity index (χ1v) is 5.14. The molecule has 0 bridgehead atoms. The third kappa shape index (κ3) is 3.10. The molecular weight excluding hydrogens is 222 g/mol. The molecular formula is C12H17NO4. The smallest absolute Gasteiger partial charge is 0.323 e. The number of hydrogen-bond acceptors (Lipinski definition) is 4. The van der Waals surface area contributed by atoms with Crippen molar-refractivity contribution in [3.8, 4) is 11.5 Å². The van der Waals surface area contributed by atoms with Crippen LogP contribution in [0.15, 0.2) is 18.2 Å². The molecule has 1 aromatic rings. The first-order valence-electron chi connectivity index (χ1n) is 5.14. The lowest BCUT2D eigenvalue weighted by Gasteiger charge is -2.19. The van der Waals surface area contributed by atoms with Gasteiger partial charge in [0, 0.05) is 6.42 Å². The predicted molar refractivity (Wildman–Crippen MR) is 63.5 cm³/mol. The lowest BCUT2D eigenvalue weighted by atomic mass is 9.94. The van der Waals surface area contributed by atoms with Crippen LogP contribution in [-0.2, 0) is 11.2 Å². The van der Waals surface area contributed by atoms with Crippen molar-refractivity contribution in [3.05, 3.63) is 23.8 Å². The van der Waals surface area contributed by atoms with Gasteiger partial charge >= 0.3 is 5.97 Å². The van der Waals surface area contributed by atoms with E-state index in [9.17, 15) is 4.79 Å². The molecule has 0 heterocycles. The number of aliphatic carboxylic acids is 1. The third-order valence-corrected chi connectivity index (χ3v) is 2.51. The van der Waals surface area contributed by atoms with Crippen LogP contribution in [-0.4, -0.2) is 30.8 Å². The molecule has 0 aliphatic carbocycles. The summed E-state index contributed by atoms with van der Waals surface area (Å²) in [7, 11) is 3.07. The van der Waals surface area contributed by atoms with E-state index >= 15 is 0 Å². The van der Waals surface area contributed by atoms with Crippen molar-refractivity contribution in [1.82, 2.24) is 0 Å². The zero-order chi connectivity index (χ0) is 13.1. The quantitative estimate of drug-likeness (QED) is 0.802. The molecule has 1 rings (SSSR count). The van der Waals surface area contributed by atoms with E-state index in [1.807, 2.05) is 0 Å². The first-order chi connectivity index (χ1) is 7.90. The van der Waals surface area contributed by atoms with E-state index in [1.165, 1.54) is 14.0 Å². The fraction of sp³-hybridized carbons (Fsp3) is 0.417. The number of carboxylic acid groups (broad SMARTS) is 1. The summed E-state index contributed by atoms with van der Waals surface area (Å²) in [5.41, 5.74) is 5.18. The predicted octanol–water partition coefficient (Wildman–Crippen LogP) is 1.05. The van der Waals surface area contributed by atoms with Gasteiger partial charge in [0.05, 0.1) is 14.2 Å². The maximum atomic E-state index is 10.9. The Balaban J connectivity index is 2.97. The van der Waals surface area contributed by atoms with Crippen molar-refractivity contribution in [1.29, 1.82) is 0 Å². The molecule has 17 heavy (non-hydrogen) atoms. The van der Waals surface area contributed by atoms with Gasteiger partial charge < -0.3 is 20.3 Å². The average molecular weight is 239 g/mol. The number of benzene rings is 1. The SMILES string of the molecule is COc1ccc(C[C@](C)(N)C(=O)O)cc1OC. The van der Waals surface area contributed by atoms with Gasteiger partial charge in [0.15, 0.2) is 11.5 Å². The Hall–Kier alpha value is -1.75. The molecule has 0 spiro atoms. The van der Waals surface area contributed by atoms with Gasteiger partial charge in [-0.3, -0.25) is 4.79 Å². The zero-order valence-corrected chi connectivity index (χ0v) is 10.2. The number of carbonyl (C=O) groups is 1. The summed E-state index contributed by atoms with van der Waals surface area (Å²) in [6.07, 6.45) is 0.225. The van der Waals surface area contributed by atoms with Gasteiger partial charge in [-0.2, -0.15) is 0 Å². The highest BCUT2D eigenvalue weighted by Gasteiger charge is 2.28. The molecule has 0 amide bonds. The van der Waals surface area contributed by atoms with Crippen LogP contribution in [0.3, 0.4) is 0 Å². The Morgan fingerprint density at radius 1 is 1.35 bits per heavy atom. The summed E-state index contributed by atoms with van der Waals surface area (Å²) < 4.78 is 10.2. The van der Waals surface area contributed by atoms with Gasteiger partial charge in [0.2, 0.25) is 0 Å². The average Bonchev–Trinajstić information content (AvgIpc) is 2.28. The molecule has 0 fully saturated rings. The molecule has 5 heteroatoms. The highest BCUT2D eigenvalue weighted by Crippen LogP contribution is 2.28. The van der Waals surface area contributed by atoms with Gasteiger partial charge in [-0.05, 0) is 24.6 Å². The Bertz CT molecular complexity index is 415. The van der Waals surface area contributed by atoms with Crippen molar-refractivity contribution in [2.24, 2.45) is 5.73 Å². The summed E-state index contributed by atoms with van der Waals surface area (Å²) in [5, 5.41) is 8.95. The largest absolute Gasteiger partial charge is 0.493 e. The monoisotopic (exact) mass is 239 g/mol. The summed E-state index contributed by atoms with van der Waals surface area (Å²) >= 11 is 0. The van der Waals surface area contributed by atoms with E-state index in [2.05, 4.69) is 0 Å². The molecule has 0 saturated carbocycles. The molecule has 0 aliphatic rings. The first kappa shape index (κ1) is 13.3. The van der Waals surface area contributed by atoms with E-state index in [0.29, 0.717) is 11.5 Å². The summed E-state index contributed by atoms with van der Waals surface area (Å²) in [6, 6.07) is 5.23. The van der Waals surface area contributed by atoms with Crippen molar-refractivity contribution < 1.29 is 19.4 Å². The highest BCUT2D eigenvalue weighted by molar-refractivity contribution is 5.78. The van der Waals surface area contributed by atoms with Crippen LogP contribution in [0, 0.1) is 0 Å². The second-order valence-electron chi connectivity index (χ2n) is 4.09. The molecule has 0 saturated heterocycles. The van der Waals surface area contributed by atoms with E-state index in [1.54, 1.807) is 25.3 Å². The van der Waals surface area contributed by atoms with Crippen molar-refractivity contribution in [2.45, 2.75) is 18.9 Å². The Labute approximate surface area is 100 Å². The Morgan fingerprint density at radius 3 is 2.41 bits per heavy atom. The molecule has 0 radical (unpaired) electrons. The fourth-order valence-electron chi connectivity index (χ4n) is 1.49. The van der Waals surface area contributed by atoms with Crippen LogP contribution < -0.4 is 15.2 Å². The van der Waals surface area contributed by atoms with Gasteiger partial charge in [0.25, 0.3) is 0 Å². The zero-order valence-electron chi connectivity index (χ0n) is 10.2. The summed E-state index contributed by atoms with van der Waals surface area (Å²) in [5.74, 6) is 0.128. The molecule has 0 aliphatic heterocycles. The number of methoxy groups -OCH3 is 2. The van der Waals surface area contributed by atoms with Crippen molar-refractivity contribution >= 4 is 5.97 Å². The Kier molecular flexibility index (Phi) is 3.96. The van der Waals surface area contributed by atoms with E-state index in [-0.39, 0.29) is 6.42 Å². The number of rotatable bonds is 5. The van der Waals surface area contributed by atoms with Gasteiger partial charge in [-0.25, -0.2) is 0 Å². The van der Waals surface area contributed by atoms with Gasteiger partial charge in [-0.15, -0.1) is 0 Å². The lowest BCUT2D eigenvalue weighted by Crippen LogP contribution is -2.46. The molecule has 3 N–H and O–H groups in total. The topological polar surface area (TPSA) is 81.8 Å². The van der Waals surface area contributed by atoms with Crippen LogP contribution in [0.1, 0.15) is 12.5 Å². The van der Waals surface area contributed by atoms with E-state index < -0.39 is 11.5 Å². The minimum absolute atomic E-state index is 0.225. The number of hydrogen-bond donors (Lipinski definition) is 2. The van der Waals surface area contributed by atoms with Crippen LogP contribution in [0.2, 0.25) is 0 Å². The molecule has 5 nitrogen and oxygen atoms in total. The second kappa shape index (κ2) is 5.05.